The second kappa shape index (κ2) is 7.09. The standard InChI is InChI=1S/C19H24N4O3S/c1-11-14(12(2)26-21-11)8-23-7-4-13-15(10-27-17(13)9-23)18(24)20-16-5-6-22(3)19(16)25/h10,16H,4-9H2,1-3H3,(H,20,24)/t16-/m0/s1. The number of amides is 2. The van der Waals surface area contributed by atoms with Crippen molar-refractivity contribution in [1.82, 2.24) is 20.3 Å². The van der Waals surface area contributed by atoms with Gasteiger partial charge in [-0.25, -0.2) is 0 Å². The molecule has 1 saturated heterocycles. The maximum Gasteiger partial charge on any atom is 0.253 e. The maximum absolute atomic E-state index is 12.7. The van der Waals surface area contributed by atoms with Gasteiger partial charge in [0.1, 0.15) is 11.8 Å². The van der Waals surface area contributed by atoms with Crippen LogP contribution in [0.5, 0.6) is 0 Å². The number of likely N-dealkylation sites (N-methyl/N-ethyl adjacent to an activating group) is 1. The van der Waals surface area contributed by atoms with Crippen LogP contribution in [-0.2, 0) is 24.3 Å². The van der Waals surface area contributed by atoms with Gasteiger partial charge in [0, 0.05) is 49.0 Å². The predicted molar refractivity (Wildman–Crippen MR) is 102 cm³/mol. The van der Waals surface area contributed by atoms with E-state index < -0.39 is 6.04 Å². The van der Waals surface area contributed by atoms with E-state index >= 15 is 0 Å². The number of likely N-dealkylation sites (tertiary alicyclic amines) is 1. The predicted octanol–water partition coefficient (Wildman–Crippen LogP) is 1.87. The Hall–Kier alpha value is -2.19. The lowest BCUT2D eigenvalue weighted by Crippen LogP contribution is -2.41. The summed E-state index contributed by atoms with van der Waals surface area (Å²) in [4.78, 5) is 30.0. The topological polar surface area (TPSA) is 78.7 Å². The molecule has 0 aromatic carbocycles. The Morgan fingerprint density at radius 1 is 1.41 bits per heavy atom. The van der Waals surface area contributed by atoms with Crippen LogP contribution in [0.2, 0.25) is 0 Å². The van der Waals surface area contributed by atoms with Gasteiger partial charge in [-0.05, 0) is 32.3 Å². The number of hydrogen-bond acceptors (Lipinski definition) is 6. The van der Waals surface area contributed by atoms with Gasteiger partial charge in [0.25, 0.3) is 5.91 Å². The van der Waals surface area contributed by atoms with Gasteiger partial charge < -0.3 is 14.7 Å². The van der Waals surface area contributed by atoms with Crippen LogP contribution < -0.4 is 5.32 Å². The first-order chi connectivity index (χ1) is 12.9. The van der Waals surface area contributed by atoms with Crippen molar-refractivity contribution in [3.63, 3.8) is 0 Å². The van der Waals surface area contributed by atoms with Crippen molar-refractivity contribution in [1.29, 1.82) is 0 Å². The number of aromatic nitrogens is 1. The number of rotatable bonds is 4. The van der Waals surface area contributed by atoms with Crippen molar-refractivity contribution in [2.24, 2.45) is 0 Å². The number of carbonyl (C=O) groups is 2. The minimum Gasteiger partial charge on any atom is -0.361 e. The van der Waals surface area contributed by atoms with E-state index in [1.807, 2.05) is 19.2 Å². The molecule has 4 heterocycles. The van der Waals surface area contributed by atoms with Gasteiger partial charge in [0.15, 0.2) is 0 Å². The van der Waals surface area contributed by atoms with Gasteiger partial charge in [-0.2, -0.15) is 0 Å². The molecule has 0 radical (unpaired) electrons. The van der Waals surface area contributed by atoms with Crippen LogP contribution in [0.25, 0.3) is 0 Å². The van der Waals surface area contributed by atoms with Crippen LogP contribution in [-0.4, -0.2) is 52.9 Å². The molecule has 1 N–H and O–H groups in total. The minimum absolute atomic E-state index is 0.00177. The maximum atomic E-state index is 12.7. The van der Waals surface area contributed by atoms with Crippen molar-refractivity contribution in [3.05, 3.63) is 38.4 Å². The fraction of sp³-hybridized carbons (Fsp3) is 0.526. The molecule has 0 aliphatic carbocycles. The quantitative estimate of drug-likeness (QED) is 0.865. The van der Waals surface area contributed by atoms with Crippen molar-refractivity contribution in [3.8, 4) is 0 Å². The molecule has 4 rings (SSSR count). The van der Waals surface area contributed by atoms with Crippen molar-refractivity contribution in [2.75, 3.05) is 20.1 Å². The second-order valence-electron chi connectivity index (χ2n) is 7.39. The molecule has 1 atom stereocenters. The molecule has 0 saturated carbocycles. The number of nitrogens with one attached hydrogen (secondary N) is 1. The first-order valence-corrected chi connectivity index (χ1v) is 10.1. The SMILES string of the molecule is Cc1noc(C)c1CN1CCc2c(C(=O)N[C@H]3CCN(C)C3=O)csc2C1. The zero-order valence-corrected chi connectivity index (χ0v) is 16.7. The fourth-order valence-corrected chi connectivity index (χ4v) is 4.97. The third-order valence-electron chi connectivity index (χ3n) is 5.57. The number of hydrogen-bond donors (Lipinski definition) is 1. The Bertz CT molecular complexity index is 868. The molecule has 8 heteroatoms. The van der Waals surface area contributed by atoms with E-state index in [0.29, 0.717) is 13.0 Å². The smallest absolute Gasteiger partial charge is 0.253 e. The average Bonchev–Trinajstić information content (AvgIpc) is 3.30. The van der Waals surface area contributed by atoms with Crippen molar-refractivity contribution in [2.45, 2.75) is 45.8 Å². The summed E-state index contributed by atoms with van der Waals surface area (Å²) in [7, 11) is 1.77. The third-order valence-corrected chi connectivity index (χ3v) is 6.58. The van der Waals surface area contributed by atoms with Gasteiger partial charge in [0.05, 0.1) is 11.3 Å². The Morgan fingerprint density at radius 2 is 2.22 bits per heavy atom. The Labute approximate surface area is 162 Å². The third kappa shape index (κ3) is 3.39. The van der Waals surface area contributed by atoms with Gasteiger partial charge >= 0.3 is 0 Å². The molecule has 0 unspecified atom stereocenters. The van der Waals surface area contributed by atoms with E-state index in [9.17, 15) is 9.59 Å². The molecule has 27 heavy (non-hydrogen) atoms. The molecule has 1 fully saturated rings. The Morgan fingerprint density at radius 3 is 2.89 bits per heavy atom. The van der Waals surface area contributed by atoms with Crippen LogP contribution in [0.4, 0.5) is 0 Å². The summed E-state index contributed by atoms with van der Waals surface area (Å²) in [6, 6.07) is -0.391. The highest BCUT2D eigenvalue weighted by molar-refractivity contribution is 7.10. The minimum atomic E-state index is -0.391. The van der Waals surface area contributed by atoms with Crippen LogP contribution in [0.1, 0.15) is 44.2 Å². The van der Waals surface area contributed by atoms with Gasteiger partial charge in [-0.3, -0.25) is 14.5 Å². The molecule has 0 bridgehead atoms. The van der Waals surface area contributed by atoms with E-state index in [-0.39, 0.29) is 11.8 Å². The van der Waals surface area contributed by atoms with Crippen LogP contribution >= 0.6 is 11.3 Å². The molecule has 2 aliphatic heterocycles. The van der Waals surface area contributed by atoms with Gasteiger partial charge in [-0.15, -0.1) is 11.3 Å². The molecular formula is C19H24N4O3S. The van der Waals surface area contributed by atoms with E-state index in [0.717, 1.165) is 54.2 Å². The summed E-state index contributed by atoms with van der Waals surface area (Å²) in [5, 5.41) is 8.88. The van der Waals surface area contributed by atoms with E-state index in [1.165, 1.54) is 4.88 Å². The van der Waals surface area contributed by atoms with Gasteiger partial charge in [-0.1, -0.05) is 5.16 Å². The molecule has 7 nitrogen and oxygen atoms in total. The largest absolute Gasteiger partial charge is 0.361 e. The van der Waals surface area contributed by atoms with Crippen molar-refractivity contribution < 1.29 is 14.1 Å². The molecule has 144 valence electrons. The Balaban J connectivity index is 1.44. The average molecular weight is 388 g/mol. The van der Waals surface area contributed by atoms with E-state index in [4.69, 9.17) is 4.52 Å². The zero-order valence-electron chi connectivity index (χ0n) is 15.9. The van der Waals surface area contributed by atoms with E-state index in [2.05, 4.69) is 15.4 Å². The summed E-state index contributed by atoms with van der Waals surface area (Å²) in [5.74, 6) is 0.745. The fourth-order valence-electron chi connectivity index (χ4n) is 3.85. The first-order valence-electron chi connectivity index (χ1n) is 9.23. The van der Waals surface area contributed by atoms with Gasteiger partial charge in [0.2, 0.25) is 5.91 Å². The lowest BCUT2D eigenvalue weighted by Gasteiger charge is -2.27. The monoisotopic (exact) mass is 388 g/mol. The zero-order chi connectivity index (χ0) is 19.1. The second-order valence-corrected chi connectivity index (χ2v) is 8.35. The highest BCUT2D eigenvalue weighted by Gasteiger charge is 2.32. The summed E-state index contributed by atoms with van der Waals surface area (Å²) in [6.45, 7) is 7.13. The number of carbonyl (C=O) groups excluding carboxylic acids is 2. The lowest BCUT2D eigenvalue weighted by atomic mass is 10.0. The lowest BCUT2D eigenvalue weighted by molar-refractivity contribution is -0.128. The van der Waals surface area contributed by atoms with E-state index in [1.54, 1.807) is 23.3 Å². The molecule has 0 spiro atoms. The molecule has 2 amide bonds. The number of nitrogens with zero attached hydrogens (tertiary/aromatic N) is 3. The van der Waals surface area contributed by atoms with Crippen LogP contribution in [0.3, 0.4) is 0 Å². The molecule has 2 aromatic rings. The molecule has 2 aromatic heterocycles. The highest BCUT2D eigenvalue weighted by Crippen LogP contribution is 2.30. The summed E-state index contributed by atoms with van der Waals surface area (Å²) in [6.07, 6.45) is 1.52. The van der Waals surface area contributed by atoms with Crippen molar-refractivity contribution >= 4 is 23.2 Å². The van der Waals surface area contributed by atoms with Crippen LogP contribution in [0, 0.1) is 13.8 Å². The normalized spacial score (nSPS) is 20.2. The van der Waals surface area contributed by atoms with Crippen LogP contribution in [0.15, 0.2) is 9.90 Å². The first kappa shape index (κ1) is 18.2. The molecular weight excluding hydrogens is 364 g/mol. The summed E-state index contributed by atoms with van der Waals surface area (Å²) in [5.41, 5.74) is 3.95. The number of thiophene rings is 1. The number of aryl methyl sites for hydroxylation is 2. The molecule has 2 aliphatic rings. The Kier molecular flexibility index (Phi) is 4.77. The number of fused-ring (bicyclic) bond motifs is 1. The highest BCUT2D eigenvalue weighted by atomic mass is 32.1. The summed E-state index contributed by atoms with van der Waals surface area (Å²) < 4.78 is 5.26. The summed E-state index contributed by atoms with van der Waals surface area (Å²) >= 11 is 1.63.